The number of rotatable bonds is 3. The minimum Gasteiger partial charge on any atom is -0.468 e. The smallest absolute Gasteiger partial charge is 0.230 e. The fourth-order valence-corrected chi connectivity index (χ4v) is 4.31. The van der Waals surface area contributed by atoms with E-state index in [0.29, 0.717) is 0 Å². The monoisotopic (exact) mass is 324 g/mol. The van der Waals surface area contributed by atoms with E-state index in [1.54, 1.807) is 6.26 Å². The SMILES string of the molecule is CN1C(=O)C(c2ccccc2)CC12CCN(Cc1ccco1)CC2. The Morgan fingerprint density at radius 3 is 2.54 bits per heavy atom. The van der Waals surface area contributed by atoms with E-state index < -0.39 is 0 Å². The number of piperidine rings is 1. The highest BCUT2D eigenvalue weighted by Crippen LogP contribution is 2.44. The molecule has 2 saturated heterocycles. The lowest BCUT2D eigenvalue weighted by molar-refractivity contribution is -0.131. The Morgan fingerprint density at radius 2 is 1.88 bits per heavy atom. The molecular formula is C20H24N2O2. The van der Waals surface area contributed by atoms with Crippen molar-refractivity contribution in [3.05, 3.63) is 60.1 Å². The van der Waals surface area contributed by atoms with Crippen molar-refractivity contribution >= 4 is 5.91 Å². The van der Waals surface area contributed by atoms with Crippen molar-refractivity contribution < 1.29 is 9.21 Å². The van der Waals surface area contributed by atoms with Crippen LogP contribution in [0, 0.1) is 0 Å². The van der Waals surface area contributed by atoms with Crippen LogP contribution in [0.4, 0.5) is 0 Å². The van der Waals surface area contributed by atoms with Gasteiger partial charge in [0.15, 0.2) is 0 Å². The van der Waals surface area contributed by atoms with Crippen molar-refractivity contribution in [3.63, 3.8) is 0 Å². The van der Waals surface area contributed by atoms with E-state index in [-0.39, 0.29) is 17.4 Å². The summed E-state index contributed by atoms with van der Waals surface area (Å²) < 4.78 is 5.46. The highest BCUT2D eigenvalue weighted by atomic mass is 16.3. The van der Waals surface area contributed by atoms with E-state index in [1.165, 1.54) is 0 Å². The molecule has 0 bridgehead atoms. The van der Waals surface area contributed by atoms with Gasteiger partial charge in [0.1, 0.15) is 5.76 Å². The fraction of sp³-hybridized carbons (Fsp3) is 0.450. The van der Waals surface area contributed by atoms with Crippen molar-refractivity contribution in [2.45, 2.75) is 37.3 Å². The lowest BCUT2D eigenvalue weighted by Gasteiger charge is -2.43. The number of likely N-dealkylation sites (tertiary alicyclic amines) is 2. The number of likely N-dealkylation sites (N-methyl/N-ethyl adjacent to an activating group) is 1. The minimum atomic E-state index is 0.0211. The van der Waals surface area contributed by atoms with Crippen LogP contribution in [-0.4, -0.2) is 41.4 Å². The highest BCUT2D eigenvalue weighted by Gasteiger charge is 2.50. The Labute approximate surface area is 143 Å². The van der Waals surface area contributed by atoms with Crippen molar-refractivity contribution in [3.8, 4) is 0 Å². The zero-order valence-corrected chi connectivity index (χ0v) is 14.1. The fourth-order valence-electron chi connectivity index (χ4n) is 4.31. The van der Waals surface area contributed by atoms with Crippen LogP contribution in [0.15, 0.2) is 53.1 Å². The van der Waals surface area contributed by atoms with E-state index in [2.05, 4.69) is 17.0 Å². The molecule has 2 fully saturated rings. The summed E-state index contributed by atoms with van der Waals surface area (Å²) in [7, 11) is 1.99. The minimum absolute atomic E-state index is 0.0211. The average molecular weight is 324 g/mol. The van der Waals surface area contributed by atoms with Gasteiger partial charge in [-0.2, -0.15) is 0 Å². The van der Waals surface area contributed by atoms with E-state index in [0.717, 1.165) is 50.2 Å². The van der Waals surface area contributed by atoms with Gasteiger partial charge in [-0.25, -0.2) is 0 Å². The summed E-state index contributed by atoms with van der Waals surface area (Å²) >= 11 is 0. The third-order valence-corrected chi connectivity index (χ3v) is 5.87. The molecule has 24 heavy (non-hydrogen) atoms. The van der Waals surface area contributed by atoms with Crippen LogP contribution < -0.4 is 0 Å². The lowest BCUT2D eigenvalue weighted by Crippen LogP contribution is -2.51. The zero-order valence-electron chi connectivity index (χ0n) is 14.1. The summed E-state index contributed by atoms with van der Waals surface area (Å²) in [6.07, 6.45) is 4.76. The third-order valence-electron chi connectivity index (χ3n) is 5.87. The number of carbonyl (C=O) groups excluding carboxylic acids is 1. The maximum atomic E-state index is 12.8. The van der Waals surface area contributed by atoms with Crippen LogP contribution in [0.5, 0.6) is 0 Å². The molecule has 1 atom stereocenters. The van der Waals surface area contributed by atoms with Crippen LogP contribution in [0.3, 0.4) is 0 Å². The first kappa shape index (κ1) is 15.5. The Morgan fingerprint density at radius 1 is 1.12 bits per heavy atom. The summed E-state index contributed by atoms with van der Waals surface area (Å²) in [5.74, 6) is 1.32. The molecule has 1 aromatic carbocycles. The maximum absolute atomic E-state index is 12.8. The first-order chi connectivity index (χ1) is 11.7. The molecule has 4 nitrogen and oxygen atoms in total. The molecule has 4 heteroatoms. The Bertz CT molecular complexity index is 688. The van der Waals surface area contributed by atoms with Gasteiger partial charge in [0.25, 0.3) is 0 Å². The second-order valence-electron chi connectivity index (χ2n) is 7.14. The number of hydrogen-bond donors (Lipinski definition) is 0. The molecule has 0 radical (unpaired) electrons. The number of hydrogen-bond acceptors (Lipinski definition) is 3. The molecule has 1 aromatic heterocycles. The molecule has 1 amide bonds. The molecule has 4 rings (SSSR count). The molecule has 2 aliphatic rings. The van der Waals surface area contributed by atoms with Crippen molar-refractivity contribution in [1.82, 2.24) is 9.80 Å². The highest BCUT2D eigenvalue weighted by molar-refractivity contribution is 5.87. The second-order valence-corrected chi connectivity index (χ2v) is 7.14. The van der Waals surface area contributed by atoms with Gasteiger partial charge < -0.3 is 9.32 Å². The van der Waals surface area contributed by atoms with E-state index in [4.69, 9.17) is 4.42 Å². The summed E-state index contributed by atoms with van der Waals surface area (Å²) in [6, 6.07) is 14.2. The predicted molar refractivity (Wildman–Crippen MR) is 92.5 cm³/mol. The van der Waals surface area contributed by atoms with E-state index >= 15 is 0 Å². The Kier molecular flexibility index (Phi) is 3.93. The average Bonchev–Trinajstić information content (AvgIpc) is 3.21. The first-order valence-corrected chi connectivity index (χ1v) is 8.75. The van der Waals surface area contributed by atoms with Gasteiger partial charge in [0.05, 0.1) is 18.7 Å². The Balaban J connectivity index is 1.45. The first-order valence-electron chi connectivity index (χ1n) is 8.75. The molecular weight excluding hydrogens is 300 g/mol. The van der Waals surface area contributed by atoms with Gasteiger partial charge in [-0.05, 0) is 37.0 Å². The molecule has 0 saturated carbocycles. The molecule has 3 heterocycles. The van der Waals surface area contributed by atoms with Gasteiger partial charge in [0, 0.05) is 25.7 Å². The predicted octanol–water partition coefficient (Wildman–Crippen LogP) is 3.26. The molecule has 2 aromatic rings. The van der Waals surface area contributed by atoms with Crippen molar-refractivity contribution in [1.29, 1.82) is 0 Å². The summed E-state index contributed by atoms with van der Waals surface area (Å²) in [5.41, 5.74) is 1.18. The second kappa shape index (κ2) is 6.10. The van der Waals surface area contributed by atoms with Gasteiger partial charge in [-0.15, -0.1) is 0 Å². The topological polar surface area (TPSA) is 36.7 Å². The summed E-state index contributed by atoms with van der Waals surface area (Å²) in [4.78, 5) is 17.3. The van der Waals surface area contributed by atoms with Gasteiger partial charge in [-0.1, -0.05) is 30.3 Å². The van der Waals surface area contributed by atoms with Crippen LogP contribution in [0.2, 0.25) is 0 Å². The number of nitrogens with zero attached hydrogens (tertiary/aromatic N) is 2. The summed E-state index contributed by atoms with van der Waals surface area (Å²) in [6.45, 7) is 2.89. The molecule has 0 N–H and O–H groups in total. The number of benzene rings is 1. The van der Waals surface area contributed by atoms with Gasteiger partial charge in [-0.3, -0.25) is 9.69 Å². The molecule has 126 valence electrons. The Hall–Kier alpha value is -2.07. The van der Waals surface area contributed by atoms with Crippen LogP contribution >= 0.6 is 0 Å². The maximum Gasteiger partial charge on any atom is 0.230 e. The third kappa shape index (κ3) is 2.65. The number of carbonyl (C=O) groups is 1. The van der Waals surface area contributed by atoms with Crippen molar-refractivity contribution in [2.24, 2.45) is 0 Å². The molecule has 1 spiro atoms. The van der Waals surface area contributed by atoms with E-state index in [9.17, 15) is 4.79 Å². The summed E-state index contributed by atoms with van der Waals surface area (Å²) in [5, 5.41) is 0. The van der Waals surface area contributed by atoms with Crippen molar-refractivity contribution in [2.75, 3.05) is 20.1 Å². The molecule has 0 aliphatic carbocycles. The zero-order chi connectivity index (χ0) is 16.6. The van der Waals surface area contributed by atoms with E-state index in [1.807, 2.05) is 42.3 Å². The molecule has 2 aliphatic heterocycles. The number of furan rings is 1. The lowest BCUT2D eigenvalue weighted by atomic mass is 9.81. The van der Waals surface area contributed by atoms with Crippen LogP contribution in [0.1, 0.15) is 36.5 Å². The van der Waals surface area contributed by atoms with Crippen LogP contribution in [-0.2, 0) is 11.3 Å². The quantitative estimate of drug-likeness (QED) is 0.869. The molecule has 1 unspecified atom stereocenters. The number of amides is 1. The van der Waals surface area contributed by atoms with Gasteiger partial charge in [0.2, 0.25) is 5.91 Å². The standard InChI is InChI=1S/C20H24N2O2/c1-21-19(23)18(16-6-3-2-4-7-16)14-20(21)9-11-22(12-10-20)15-17-8-5-13-24-17/h2-8,13,18H,9-12,14-15H2,1H3. The normalized spacial score (nSPS) is 24.0. The van der Waals surface area contributed by atoms with Gasteiger partial charge >= 0.3 is 0 Å². The van der Waals surface area contributed by atoms with Crippen LogP contribution in [0.25, 0.3) is 0 Å². The largest absolute Gasteiger partial charge is 0.468 e.